The first-order chi connectivity index (χ1) is 31.2. The molecule has 0 spiro atoms. The molecular weight excluding hydrogens is 767 g/mol. The monoisotopic (exact) mass is 803 g/mol. The predicted molar refractivity (Wildman–Crippen MR) is 260 cm³/mol. The van der Waals surface area contributed by atoms with Crippen molar-refractivity contribution < 1.29 is 0 Å². The summed E-state index contributed by atoms with van der Waals surface area (Å²) in [7, 11) is 0. The summed E-state index contributed by atoms with van der Waals surface area (Å²) in [6, 6.07) is 78.7. The summed E-state index contributed by atoms with van der Waals surface area (Å²) in [6.45, 7) is 0. The van der Waals surface area contributed by atoms with E-state index in [1.807, 2.05) is 42.5 Å². The van der Waals surface area contributed by atoms with Gasteiger partial charge in [-0.1, -0.05) is 170 Å². The van der Waals surface area contributed by atoms with Gasteiger partial charge < -0.3 is 4.57 Å². The van der Waals surface area contributed by atoms with Gasteiger partial charge in [-0.05, 0) is 76.9 Å². The minimum atomic E-state index is 0.650. The number of nitrogens with zero attached hydrogens (tertiary/aromatic N) is 5. The van der Waals surface area contributed by atoms with Crippen molar-refractivity contribution in [3.8, 4) is 73.2 Å². The molecule has 12 aromatic rings. The molecule has 294 valence electrons. The van der Waals surface area contributed by atoms with Crippen LogP contribution in [0.4, 0.5) is 0 Å². The van der Waals surface area contributed by atoms with Gasteiger partial charge in [0.15, 0.2) is 11.6 Å². The number of hydrogen-bond donors (Lipinski definition) is 0. The van der Waals surface area contributed by atoms with E-state index < -0.39 is 0 Å². The molecule has 5 nitrogen and oxygen atoms in total. The maximum atomic E-state index is 5.31. The van der Waals surface area contributed by atoms with Crippen LogP contribution in [-0.4, -0.2) is 24.5 Å². The quantitative estimate of drug-likeness (QED) is 0.161. The highest BCUT2D eigenvalue weighted by Crippen LogP contribution is 2.38. The van der Waals surface area contributed by atoms with Crippen molar-refractivity contribution in [3.63, 3.8) is 0 Å². The van der Waals surface area contributed by atoms with E-state index in [0.717, 1.165) is 83.4 Å². The summed E-state index contributed by atoms with van der Waals surface area (Å²) in [5.74, 6) is 1.33. The molecule has 0 aliphatic rings. The first-order valence-electron chi connectivity index (χ1n) is 21.2. The van der Waals surface area contributed by atoms with E-state index in [0.29, 0.717) is 11.6 Å². The summed E-state index contributed by atoms with van der Waals surface area (Å²) in [4.78, 5) is 20.8. The average Bonchev–Trinajstić information content (AvgIpc) is 3.70. The molecule has 12 rings (SSSR count). The number of para-hydroxylation sites is 4. The Balaban J connectivity index is 0.991. The average molecular weight is 804 g/mol. The van der Waals surface area contributed by atoms with Crippen molar-refractivity contribution in [2.45, 2.75) is 0 Å². The third-order valence-corrected chi connectivity index (χ3v) is 12.0. The third kappa shape index (κ3) is 6.51. The lowest BCUT2D eigenvalue weighted by Crippen LogP contribution is -1.98. The van der Waals surface area contributed by atoms with E-state index >= 15 is 0 Å². The van der Waals surface area contributed by atoms with E-state index in [-0.39, 0.29) is 0 Å². The normalized spacial score (nSPS) is 11.5. The molecular formula is C58H37N5. The Bertz CT molecular complexity index is 3600. The number of rotatable bonds is 7. The Morgan fingerprint density at radius 2 is 0.651 bits per heavy atom. The molecule has 0 saturated heterocycles. The van der Waals surface area contributed by atoms with Gasteiger partial charge in [0.2, 0.25) is 0 Å². The van der Waals surface area contributed by atoms with Gasteiger partial charge in [-0.3, -0.25) is 0 Å². The molecule has 0 saturated carbocycles. The Hall–Kier alpha value is -8.54. The highest BCUT2D eigenvalue weighted by molar-refractivity contribution is 6.09. The second kappa shape index (κ2) is 15.2. The molecule has 0 atom stereocenters. The van der Waals surface area contributed by atoms with Gasteiger partial charge in [0.25, 0.3) is 0 Å². The lowest BCUT2D eigenvalue weighted by Gasteiger charge is -2.14. The van der Waals surface area contributed by atoms with Crippen LogP contribution in [0.2, 0.25) is 0 Å². The fourth-order valence-corrected chi connectivity index (χ4v) is 8.95. The van der Waals surface area contributed by atoms with Crippen molar-refractivity contribution in [2.24, 2.45) is 0 Å². The van der Waals surface area contributed by atoms with Crippen LogP contribution < -0.4 is 0 Å². The van der Waals surface area contributed by atoms with Gasteiger partial charge in [-0.15, -0.1) is 0 Å². The van der Waals surface area contributed by atoms with Crippen molar-refractivity contribution in [3.05, 3.63) is 224 Å². The van der Waals surface area contributed by atoms with E-state index in [2.05, 4.69) is 187 Å². The Morgan fingerprint density at radius 3 is 1.22 bits per heavy atom. The van der Waals surface area contributed by atoms with E-state index in [4.69, 9.17) is 19.9 Å². The maximum absolute atomic E-state index is 5.31. The van der Waals surface area contributed by atoms with E-state index in [1.165, 1.54) is 21.8 Å². The minimum absolute atomic E-state index is 0.650. The van der Waals surface area contributed by atoms with Crippen LogP contribution in [0.15, 0.2) is 224 Å². The first kappa shape index (κ1) is 36.3. The lowest BCUT2D eigenvalue weighted by atomic mass is 9.94. The molecule has 0 bridgehead atoms. The van der Waals surface area contributed by atoms with Crippen LogP contribution in [0, 0.1) is 0 Å². The van der Waals surface area contributed by atoms with Crippen molar-refractivity contribution in [1.29, 1.82) is 0 Å². The minimum Gasteiger partial charge on any atom is -0.309 e. The largest absolute Gasteiger partial charge is 0.309 e. The SMILES string of the molecule is c1ccc(-c2nc(-c3cc(-c4ccc(-c5ccc(-n6c7ccccc7c7ccccc76)cc5)cc4)cc(-c4nc(-c5ccccc5)c5ccccc5n4)c3)c3ccccc3n2)cc1. The fraction of sp³-hybridized carbons (Fsp3) is 0. The van der Waals surface area contributed by atoms with Gasteiger partial charge in [0, 0.05) is 49.5 Å². The second-order valence-corrected chi connectivity index (χ2v) is 15.9. The molecule has 63 heavy (non-hydrogen) atoms. The molecule has 0 N–H and O–H groups in total. The van der Waals surface area contributed by atoms with Crippen molar-refractivity contribution in [2.75, 3.05) is 0 Å². The van der Waals surface area contributed by atoms with Crippen LogP contribution in [0.25, 0.3) is 117 Å². The van der Waals surface area contributed by atoms with Crippen molar-refractivity contribution >= 4 is 43.6 Å². The second-order valence-electron chi connectivity index (χ2n) is 15.9. The molecule has 0 aliphatic heterocycles. The molecule has 3 heterocycles. The number of aromatic nitrogens is 5. The van der Waals surface area contributed by atoms with Gasteiger partial charge in [-0.2, -0.15) is 0 Å². The van der Waals surface area contributed by atoms with Crippen LogP contribution in [-0.2, 0) is 0 Å². The summed E-state index contributed by atoms with van der Waals surface area (Å²) in [6.07, 6.45) is 0. The predicted octanol–water partition coefficient (Wildman–Crippen LogP) is 14.7. The van der Waals surface area contributed by atoms with Crippen LogP contribution in [0.3, 0.4) is 0 Å². The van der Waals surface area contributed by atoms with Gasteiger partial charge in [0.1, 0.15) is 0 Å². The number of fused-ring (bicyclic) bond motifs is 5. The number of hydrogen-bond acceptors (Lipinski definition) is 4. The molecule has 0 fully saturated rings. The zero-order chi connectivity index (χ0) is 41.7. The van der Waals surface area contributed by atoms with E-state index in [1.54, 1.807) is 0 Å². The highest BCUT2D eigenvalue weighted by atomic mass is 15.0. The topological polar surface area (TPSA) is 56.5 Å². The highest BCUT2D eigenvalue weighted by Gasteiger charge is 2.18. The Labute approximate surface area is 364 Å². The summed E-state index contributed by atoms with van der Waals surface area (Å²) < 4.78 is 2.36. The molecule has 0 amide bonds. The molecule has 9 aromatic carbocycles. The lowest BCUT2D eigenvalue weighted by molar-refractivity contribution is 1.18. The fourth-order valence-electron chi connectivity index (χ4n) is 8.95. The molecule has 0 radical (unpaired) electrons. The van der Waals surface area contributed by atoms with Crippen LogP contribution in [0.5, 0.6) is 0 Å². The van der Waals surface area contributed by atoms with Crippen LogP contribution in [0.1, 0.15) is 0 Å². The smallest absolute Gasteiger partial charge is 0.160 e. The zero-order valence-electron chi connectivity index (χ0n) is 34.1. The summed E-state index contributed by atoms with van der Waals surface area (Å²) in [5.41, 5.74) is 15.3. The Kier molecular flexibility index (Phi) is 8.75. The molecule has 5 heteroatoms. The summed E-state index contributed by atoms with van der Waals surface area (Å²) in [5, 5.41) is 4.50. The first-order valence-corrected chi connectivity index (χ1v) is 21.2. The summed E-state index contributed by atoms with van der Waals surface area (Å²) >= 11 is 0. The van der Waals surface area contributed by atoms with Gasteiger partial charge >= 0.3 is 0 Å². The van der Waals surface area contributed by atoms with Crippen molar-refractivity contribution in [1.82, 2.24) is 24.5 Å². The zero-order valence-corrected chi connectivity index (χ0v) is 34.1. The number of benzene rings is 9. The molecule has 3 aromatic heterocycles. The van der Waals surface area contributed by atoms with Gasteiger partial charge in [-0.25, -0.2) is 19.9 Å². The maximum Gasteiger partial charge on any atom is 0.160 e. The standard InChI is InChI=1S/C58H37N5/c1-3-15-41(16-4-1)55-49-21-7-11-23-51(49)60-58(61-55)45-36-43(35-44(37-45)56-50-22-8-12-24-52(50)59-57(62-56)42-17-5-2-6-18-42)40-29-27-38(28-30-40)39-31-33-46(34-32-39)63-53-25-13-9-19-47(53)48-20-10-14-26-54(48)63/h1-37H. The molecule has 0 unspecified atom stereocenters. The van der Waals surface area contributed by atoms with Crippen LogP contribution >= 0.6 is 0 Å². The van der Waals surface area contributed by atoms with E-state index in [9.17, 15) is 0 Å². The Morgan fingerprint density at radius 1 is 0.254 bits per heavy atom. The van der Waals surface area contributed by atoms with Gasteiger partial charge in [0.05, 0.1) is 33.5 Å². The molecule has 0 aliphatic carbocycles. The third-order valence-electron chi connectivity index (χ3n) is 12.0.